The number of anilines is 2. The first kappa shape index (κ1) is 13.4. The van der Waals surface area contributed by atoms with Crippen LogP contribution in [0.25, 0.3) is 0 Å². The van der Waals surface area contributed by atoms with E-state index < -0.39 is 11.9 Å². The maximum Gasteiger partial charge on any atom is 0.433 e. The van der Waals surface area contributed by atoms with Crippen LogP contribution in [0.3, 0.4) is 0 Å². The van der Waals surface area contributed by atoms with Gasteiger partial charge in [0.25, 0.3) is 0 Å². The van der Waals surface area contributed by atoms with Crippen LogP contribution < -0.4 is 16.4 Å². The van der Waals surface area contributed by atoms with Crippen molar-refractivity contribution < 1.29 is 18.0 Å². The first-order valence-corrected chi connectivity index (χ1v) is 5.72. The molecule has 1 fully saturated rings. The van der Waals surface area contributed by atoms with Crippen LogP contribution in [-0.2, 0) is 11.0 Å². The molecule has 2 heterocycles. The maximum atomic E-state index is 12.5. The largest absolute Gasteiger partial charge is 0.433 e. The number of alkyl halides is 3. The summed E-state index contributed by atoms with van der Waals surface area (Å²) in [5.74, 6) is -0.0586. The van der Waals surface area contributed by atoms with Gasteiger partial charge in [-0.15, -0.1) is 0 Å². The van der Waals surface area contributed by atoms with Crippen LogP contribution in [0.5, 0.6) is 0 Å². The van der Waals surface area contributed by atoms with Crippen molar-refractivity contribution in [2.45, 2.75) is 25.1 Å². The minimum atomic E-state index is -4.51. The number of pyridine rings is 1. The number of nitrogens with two attached hydrogens (primary N) is 1. The molecule has 0 aliphatic carbocycles. The average Bonchev–Trinajstić information content (AvgIpc) is 2.33. The molecule has 8 heteroatoms. The number of halogens is 3. The van der Waals surface area contributed by atoms with Gasteiger partial charge in [0.2, 0.25) is 5.91 Å². The van der Waals surface area contributed by atoms with E-state index in [9.17, 15) is 18.0 Å². The molecule has 1 aliphatic heterocycles. The Morgan fingerprint density at radius 3 is 2.79 bits per heavy atom. The lowest BCUT2D eigenvalue weighted by Gasteiger charge is -2.25. The number of nitrogen functional groups attached to an aromatic ring is 1. The topological polar surface area (TPSA) is 80.0 Å². The van der Waals surface area contributed by atoms with Crippen molar-refractivity contribution in [3.63, 3.8) is 0 Å². The number of hydrogen-bond donors (Lipinski definition) is 3. The fraction of sp³-hybridized carbons (Fsp3) is 0.455. The Labute approximate surface area is 107 Å². The third kappa shape index (κ3) is 3.27. The van der Waals surface area contributed by atoms with Gasteiger partial charge in [-0.05, 0) is 12.5 Å². The van der Waals surface area contributed by atoms with Crippen LogP contribution in [-0.4, -0.2) is 23.5 Å². The Hall–Kier alpha value is -1.99. The Morgan fingerprint density at radius 2 is 2.21 bits per heavy atom. The van der Waals surface area contributed by atoms with Gasteiger partial charge < -0.3 is 16.4 Å². The molecule has 4 N–H and O–H groups in total. The number of carbonyl (C=O) groups is 1. The van der Waals surface area contributed by atoms with Crippen LogP contribution in [0.4, 0.5) is 24.5 Å². The van der Waals surface area contributed by atoms with E-state index in [1.165, 1.54) is 0 Å². The van der Waals surface area contributed by atoms with Crippen molar-refractivity contribution in [2.75, 3.05) is 17.6 Å². The first-order chi connectivity index (χ1) is 8.86. The molecule has 0 spiro atoms. The molecular formula is C11H13F3N4O. The molecule has 1 saturated heterocycles. The number of carbonyl (C=O) groups excluding carboxylic acids is 1. The van der Waals surface area contributed by atoms with E-state index in [-0.39, 0.29) is 23.3 Å². The fourth-order valence-corrected chi connectivity index (χ4v) is 1.82. The summed E-state index contributed by atoms with van der Waals surface area (Å²) in [6.07, 6.45) is -2.64. The highest BCUT2D eigenvalue weighted by atomic mass is 19.4. The van der Waals surface area contributed by atoms with Gasteiger partial charge in [0.15, 0.2) is 0 Å². The SMILES string of the molecule is Nc1cnc(C(F)(F)F)cc1NC1CCC(=O)NC1. The second kappa shape index (κ2) is 4.94. The molecule has 5 nitrogen and oxygen atoms in total. The third-order valence-electron chi connectivity index (χ3n) is 2.85. The monoisotopic (exact) mass is 274 g/mol. The van der Waals surface area contributed by atoms with E-state index in [4.69, 9.17) is 5.73 Å². The zero-order valence-corrected chi connectivity index (χ0v) is 9.92. The number of piperidine rings is 1. The highest BCUT2D eigenvalue weighted by Gasteiger charge is 2.33. The van der Waals surface area contributed by atoms with E-state index in [1.807, 2.05) is 0 Å². The van der Waals surface area contributed by atoms with Crippen molar-refractivity contribution in [2.24, 2.45) is 0 Å². The molecule has 1 aromatic heterocycles. The molecule has 0 bridgehead atoms. The van der Waals surface area contributed by atoms with Gasteiger partial charge in [-0.3, -0.25) is 4.79 Å². The van der Waals surface area contributed by atoms with E-state index in [2.05, 4.69) is 15.6 Å². The van der Waals surface area contributed by atoms with Gasteiger partial charge >= 0.3 is 6.18 Å². The summed E-state index contributed by atoms with van der Waals surface area (Å²) in [5, 5.41) is 5.54. The minimum absolute atomic E-state index is 0.0586. The minimum Gasteiger partial charge on any atom is -0.396 e. The summed E-state index contributed by atoms with van der Waals surface area (Å²) in [7, 11) is 0. The number of hydrogen-bond acceptors (Lipinski definition) is 4. The molecule has 2 rings (SSSR count). The smallest absolute Gasteiger partial charge is 0.396 e. The lowest BCUT2D eigenvalue weighted by atomic mass is 10.1. The van der Waals surface area contributed by atoms with E-state index in [0.717, 1.165) is 12.3 Å². The number of nitrogens with zero attached hydrogens (tertiary/aromatic N) is 1. The van der Waals surface area contributed by atoms with Crippen LogP contribution in [0.15, 0.2) is 12.3 Å². The molecule has 1 unspecified atom stereocenters. The van der Waals surface area contributed by atoms with Crippen LogP contribution >= 0.6 is 0 Å². The molecule has 19 heavy (non-hydrogen) atoms. The van der Waals surface area contributed by atoms with Crippen LogP contribution in [0.2, 0.25) is 0 Å². The van der Waals surface area contributed by atoms with Crippen molar-refractivity contribution in [1.29, 1.82) is 0 Å². The molecule has 0 radical (unpaired) electrons. The molecule has 1 aliphatic rings. The molecule has 104 valence electrons. The predicted molar refractivity (Wildman–Crippen MR) is 63.3 cm³/mol. The van der Waals surface area contributed by atoms with Gasteiger partial charge in [0.05, 0.1) is 17.6 Å². The lowest BCUT2D eigenvalue weighted by Crippen LogP contribution is -2.42. The third-order valence-corrected chi connectivity index (χ3v) is 2.85. The Bertz CT molecular complexity index is 479. The lowest BCUT2D eigenvalue weighted by molar-refractivity contribution is -0.141. The van der Waals surface area contributed by atoms with Crippen molar-refractivity contribution in [3.05, 3.63) is 18.0 Å². The summed E-state index contributed by atoms with van der Waals surface area (Å²) >= 11 is 0. The summed E-state index contributed by atoms with van der Waals surface area (Å²) in [6, 6.07) is 0.745. The molecule has 1 atom stereocenters. The Kier molecular flexibility index (Phi) is 3.50. The first-order valence-electron chi connectivity index (χ1n) is 5.72. The van der Waals surface area contributed by atoms with Gasteiger partial charge in [-0.2, -0.15) is 13.2 Å². The maximum absolute atomic E-state index is 12.5. The molecule has 0 saturated carbocycles. The zero-order valence-electron chi connectivity index (χ0n) is 9.92. The van der Waals surface area contributed by atoms with Crippen molar-refractivity contribution in [1.82, 2.24) is 10.3 Å². The summed E-state index contributed by atoms with van der Waals surface area (Å²) in [5.41, 5.74) is 4.93. The normalized spacial score (nSPS) is 19.9. The van der Waals surface area contributed by atoms with Crippen LogP contribution in [0.1, 0.15) is 18.5 Å². The molecule has 1 amide bonds. The second-order valence-electron chi connectivity index (χ2n) is 4.34. The summed E-state index contributed by atoms with van der Waals surface area (Å²) < 4.78 is 37.6. The van der Waals surface area contributed by atoms with Gasteiger partial charge in [0.1, 0.15) is 5.69 Å². The van der Waals surface area contributed by atoms with E-state index in [0.29, 0.717) is 19.4 Å². The molecule has 1 aromatic rings. The average molecular weight is 274 g/mol. The Balaban J connectivity index is 2.13. The van der Waals surface area contributed by atoms with E-state index >= 15 is 0 Å². The van der Waals surface area contributed by atoms with Crippen molar-refractivity contribution in [3.8, 4) is 0 Å². The summed E-state index contributed by atoms with van der Waals surface area (Å²) in [4.78, 5) is 14.2. The number of nitrogens with one attached hydrogen (secondary N) is 2. The molecule has 0 aromatic carbocycles. The van der Waals surface area contributed by atoms with Gasteiger partial charge in [0, 0.05) is 19.0 Å². The predicted octanol–water partition coefficient (Wildman–Crippen LogP) is 1.37. The van der Waals surface area contributed by atoms with Gasteiger partial charge in [-0.25, -0.2) is 4.98 Å². The second-order valence-corrected chi connectivity index (χ2v) is 4.34. The molecular weight excluding hydrogens is 261 g/mol. The zero-order chi connectivity index (χ0) is 14.0. The number of amides is 1. The van der Waals surface area contributed by atoms with Crippen LogP contribution in [0, 0.1) is 0 Å². The summed E-state index contributed by atoms with van der Waals surface area (Å²) in [6.45, 7) is 0.363. The number of rotatable bonds is 2. The standard InChI is InChI=1S/C11H13F3N4O/c12-11(13,14)9-3-8(7(15)5-16-9)18-6-1-2-10(19)17-4-6/h3,5-6H,1-2,4,15H2,(H,16,18)(H,17,19). The highest BCUT2D eigenvalue weighted by Crippen LogP contribution is 2.31. The quantitative estimate of drug-likeness (QED) is 0.761. The fourth-order valence-electron chi connectivity index (χ4n) is 1.82. The van der Waals surface area contributed by atoms with Crippen molar-refractivity contribution >= 4 is 17.3 Å². The number of aromatic nitrogens is 1. The Morgan fingerprint density at radius 1 is 1.47 bits per heavy atom. The highest BCUT2D eigenvalue weighted by molar-refractivity contribution is 5.77. The van der Waals surface area contributed by atoms with E-state index in [1.54, 1.807) is 0 Å². The van der Waals surface area contributed by atoms with Gasteiger partial charge in [-0.1, -0.05) is 0 Å².